The van der Waals surface area contributed by atoms with E-state index >= 15 is 0 Å². The molecule has 0 aliphatic carbocycles. The maximum Gasteiger partial charge on any atom is 0.280 e. The van der Waals surface area contributed by atoms with E-state index in [1.807, 2.05) is 4.90 Å². The molecule has 11 heteroatoms. The van der Waals surface area contributed by atoms with Gasteiger partial charge in [-0.05, 0) is 31.0 Å². The van der Waals surface area contributed by atoms with Gasteiger partial charge in [0.05, 0.1) is 24.8 Å². The molecule has 1 fully saturated rings. The third kappa shape index (κ3) is 3.64. The second-order valence-corrected chi connectivity index (χ2v) is 6.86. The Morgan fingerprint density at radius 3 is 3.00 bits per heavy atom. The zero-order valence-electron chi connectivity index (χ0n) is 15.9. The first-order chi connectivity index (χ1) is 14.5. The lowest BCUT2D eigenvalue weighted by Crippen LogP contribution is -2.26. The average molecular weight is 418 g/mol. The van der Waals surface area contributed by atoms with Crippen molar-refractivity contribution in [2.75, 3.05) is 30.4 Å². The van der Waals surface area contributed by atoms with Crippen molar-refractivity contribution >= 4 is 23.1 Å². The SMILES string of the molecule is Nc1nn2cnc(N3CCCC3c3cc(F)ccc3F)cc2c1C(=O)NOCCO. The van der Waals surface area contributed by atoms with Gasteiger partial charge in [-0.1, -0.05) is 0 Å². The summed E-state index contributed by atoms with van der Waals surface area (Å²) in [5, 5.41) is 12.8. The van der Waals surface area contributed by atoms with E-state index in [0.29, 0.717) is 24.3 Å². The van der Waals surface area contributed by atoms with Crippen molar-refractivity contribution in [1.29, 1.82) is 0 Å². The summed E-state index contributed by atoms with van der Waals surface area (Å²) in [6.07, 6.45) is 2.82. The minimum atomic E-state index is -0.623. The van der Waals surface area contributed by atoms with Crippen LogP contribution >= 0.6 is 0 Å². The zero-order chi connectivity index (χ0) is 21.3. The summed E-state index contributed by atoms with van der Waals surface area (Å²) >= 11 is 0. The Bertz CT molecular complexity index is 1090. The van der Waals surface area contributed by atoms with Crippen LogP contribution in [0.5, 0.6) is 0 Å². The predicted octanol–water partition coefficient (Wildman–Crippen LogP) is 1.58. The van der Waals surface area contributed by atoms with Gasteiger partial charge in [-0.25, -0.2) is 23.8 Å². The number of amides is 1. The van der Waals surface area contributed by atoms with Gasteiger partial charge in [0.15, 0.2) is 5.82 Å². The van der Waals surface area contributed by atoms with Crippen LogP contribution in [-0.4, -0.2) is 45.4 Å². The van der Waals surface area contributed by atoms with Gasteiger partial charge in [0, 0.05) is 18.2 Å². The summed E-state index contributed by atoms with van der Waals surface area (Å²) in [5.41, 5.74) is 8.82. The quantitative estimate of drug-likeness (QED) is 0.411. The molecule has 2 aromatic heterocycles. The fourth-order valence-electron chi connectivity index (χ4n) is 3.70. The number of carbonyl (C=O) groups excluding carboxylic acids is 1. The van der Waals surface area contributed by atoms with Crippen molar-refractivity contribution in [2.45, 2.75) is 18.9 Å². The van der Waals surface area contributed by atoms with Gasteiger partial charge in [0.25, 0.3) is 5.91 Å². The number of hydroxylamine groups is 1. The second kappa shape index (κ2) is 8.20. The number of hydrogen-bond donors (Lipinski definition) is 3. The van der Waals surface area contributed by atoms with Crippen LogP contribution in [0.15, 0.2) is 30.6 Å². The molecule has 4 N–H and O–H groups in total. The van der Waals surface area contributed by atoms with E-state index in [-0.39, 0.29) is 36.2 Å². The number of fused-ring (bicyclic) bond motifs is 1. The molecule has 30 heavy (non-hydrogen) atoms. The number of aromatic nitrogens is 3. The van der Waals surface area contributed by atoms with Crippen molar-refractivity contribution in [3.05, 3.63) is 53.4 Å². The molecule has 1 amide bonds. The van der Waals surface area contributed by atoms with E-state index in [9.17, 15) is 13.6 Å². The Labute approximate surface area is 170 Å². The Morgan fingerprint density at radius 1 is 1.37 bits per heavy atom. The van der Waals surface area contributed by atoms with Crippen LogP contribution in [0.3, 0.4) is 0 Å². The fraction of sp³-hybridized carbons (Fsp3) is 0.316. The molecule has 1 unspecified atom stereocenters. The highest BCUT2D eigenvalue weighted by Crippen LogP contribution is 2.37. The van der Waals surface area contributed by atoms with E-state index in [1.165, 1.54) is 16.9 Å². The summed E-state index contributed by atoms with van der Waals surface area (Å²) in [4.78, 5) is 23.5. The summed E-state index contributed by atoms with van der Waals surface area (Å²) in [6, 6.07) is 4.64. The number of carbonyl (C=O) groups is 1. The molecule has 0 saturated carbocycles. The third-order valence-electron chi connectivity index (χ3n) is 4.99. The number of nitrogens with two attached hydrogens (primary N) is 1. The molecule has 9 nitrogen and oxygen atoms in total. The van der Waals surface area contributed by atoms with Crippen LogP contribution < -0.4 is 16.1 Å². The molecule has 1 aliphatic heterocycles. The lowest BCUT2D eigenvalue weighted by Gasteiger charge is -2.26. The fourth-order valence-corrected chi connectivity index (χ4v) is 3.70. The molecule has 1 aromatic carbocycles. The lowest BCUT2D eigenvalue weighted by molar-refractivity contribution is 0.0170. The van der Waals surface area contributed by atoms with E-state index in [2.05, 4.69) is 15.6 Å². The first kappa shape index (κ1) is 20.0. The minimum absolute atomic E-state index is 0.0202. The number of rotatable bonds is 6. The molecule has 0 radical (unpaired) electrons. The van der Waals surface area contributed by atoms with E-state index in [4.69, 9.17) is 15.7 Å². The average Bonchev–Trinajstić information content (AvgIpc) is 3.33. The number of anilines is 2. The highest BCUT2D eigenvalue weighted by Gasteiger charge is 2.30. The minimum Gasteiger partial charge on any atom is -0.394 e. The number of aliphatic hydroxyl groups excluding tert-OH is 1. The summed E-state index contributed by atoms with van der Waals surface area (Å²) in [5.74, 6) is -1.15. The first-order valence-corrected chi connectivity index (χ1v) is 9.38. The Morgan fingerprint density at radius 2 is 2.20 bits per heavy atom. The molecule has 3 heterocycles. The molecule has 158 valence electrons. The van der Waals surface area contributed by atoms with Crippen molar-refractivity contribution in [3.63, 3.8) is 0 Å². The molecule has 1 atom stereocenters. The van der Waals surface area contributed by atoms with Crippen LogP contribution in [0.2, 0.25) is 0 Å². The highest BCUT2D eigenvalue weighted by molar-refractivity contribution is 6.04. The van der Waals surface area contributed by atoms with Gasteiger partial charge < -0.3 is 15.7 Å². The van der Waals surface area contributed by atoms with E-state index < -0.39 is 17.5 Å². The highest BCUT2D eigenvalue weighted by atomic mass is 19.1. The number of nitrogens with zero attached hydrogens (tertiary/aromatic N) is 4. The Hall–Kier alpha value is -3.31. The van der Waals surface area contributed by atoms with Crippen molar-refractivity contribution in [2.24, 2.45) is 0 Å². The summed E-state index contributed by atoms with van der Waals surface area (Å²) in [6.45, 7) is 0.256. The standard InChI is InChI=1S/C19H20F2N6O3/c20-11-3-4-13(21)12(8-11)14-2-1-5-26(14)16-9-15-17(19(29)25-30-7-6-28)18(22)24-27(15)10-23-16/h3-4,8-10,14,28H,1-2,5-7H2,(H2,22,24)(H,25,29). The number of nitrogen functional groups attached to an aromatic ring is 1. The van der Waals surface area contributed by atoms with Gasteiger partial charge >= 0.3 is 0 Å². The number of nitrogens with one attached hydrogen (secondary N) is 1. The van der Waals surface area contributed by atoms with Gasteiger partial charge in [0.2, 0.25) is 0 Å². The molecule has 4 rings (SSSR count). The molecule has 1 aliphatic rings. The lowest BCUT2D eigenvalue weighted by atomic mass is 10.0. The van der Waals surface area contributed by atoms with Crippen LogP contribution in [0, 0.1) is 11.6 Å². The van der Waals surface area contributed by atoms with Crippen LogP contribution in [0.4, 0.5) is 20.4 Å². The normalized spacial score (nSPS) is 16.4. The third-order valence-corrected chi connectivity index (χ3v) is 4.99. The van der Waals surface area contributed by atoms with Crippen LogP contribution in [0.25, 0.3) is 5.52 Å². The molecular formula is C19H20F2N6O3. The summed E-state index contributed by atoms with van der Waals surface area (Å²) < 4.78 is 29.4. The molecule has 0 bridgehead atoms. The van der Waals surface area contributed by atoms with E-state index in [0.717, 1.165) is 18.6 Å². The van der Waals surface area contributed by atoms with Gasteiger partial charge in [-0.15, -0.1) is 5.10 Å². The van der Waals surface area contributed by atoms with Gasteiger partial charge in [0.1, 0.15) is 29.3 Å². The van der Waals surface area contributed by atoms with Gasteiger partial charge in [-0.3, -0.25) is 9.63 Å². The van der Waals surface area contributed by atoms with Crippen LogP contribution in [-0.2, 0) is 4.84 Å². The van der Waals surface area contributed by atoms with Crippen molar-refractivity contribution in [1.82, 2.24) is 20.1 Å². The second-order valence-electron chi connectivity index (χ2n) is 6.86. The first-order valence-electron chi connectivity index (χ1n) is 9.38. The summed E-state index contributed by atoms with van der Waals surface area (Å²) in [7, 11) is 0. The number of halogens is 2. The van der Waals surface area contributed by atoms with Crippen molar-refractivity contribution in [3.8, 4) is 0 Å². The topological polar surface area (TPSA) is 118 Å². The van der Waals surface area contributed by atoms with Gasteiger partial charge in [-0.2, -0.15) is 0 Å². The molecular weight excluding hydrogens is 398 g/mol. The molecule has 3 aromatic rings. The molecule has 1 saturated heterocycles. The Balaban J connectivity index is 1.69. The van der Waals surface area contributed by atoms with E-state index in [1.54, 1.807) is 6.07 Å². The predicted molar refractivity (Wildman–Crippen MR) is 104 cm³/mol. The maximum absolute atomic E-state index is 14.4. The number of hydrogen-bond acceptors (Lipinski definition) is 7. The number of benzene rings is 1. The monoisotopic (exact) mass is 418 g/mol. The number of aliphatic hydroxyl groups is 1. The smallest absolute Gasteiger partial charge is 0.280 e. The van der Waals surface area contributed by atoms with Crippen molar-refractivity contribution < 1.29 is 23.5 Å². The van der Waals surface area contributed by atoms with Crippen LogP contribution in [0.1, 0.15) is 34.8 Å². The zero-order valence-corrected chi connectivity index (χ0v) is 15.9. The largest absolute Gasteiger partial charge is 0.394 e. The maximum atomic E-state index is 14.4. The Kier molecular flexibility index (Phi) is 5.46. The molecule has 0 spiro atoms.